The average Bonchev–Trinajstić information content (AvgIpc) is 2.62. The maximum Gasteiger partial charge on any atom is 0.347 e. The summed E-state index contributed by atoms with van der Waals surface area (Å²) in [5.74, 6) is -0.930. The molecule has 17 heavy (non-hydrogen) atoms. The molecule has 4 nitrogen and oxygen atoms in total. The van der Waals surface area contributed by atoms with E-state index < -0.39 is 5.97 Å². The highest BCUT2D eigenvalue weighted by Crippen LogP contribution is 2.26. The summed E-state index contributed by atoms with van der Waals surface area (Å²) in [6.07, 6.45) is 3.34. The van der Waals surface area contributed by atoms with E-state index in [1.165, 1.54) is 11.3 Å². The highest BCUT2D eigenvalue weighted by Gasteiger charge is 2.14. The largest absolute Gasteiger partial charge is 0.477 e. The molecule has 0 aliphatic heterocycles. The first-order valence-electron chi connectivity index (χ1n) is 4.29. The van der Waals surface area contributed by atoms with E-state index in [4.69, 9.17) is 5.11 Å². The zero-order valence-electron chi connectivity index (χ0n) is 8.78. The minimum Gasteiger partial charge on any atom is -0.477 e. The molecule has 0 amide bonds. The Morgan fingerprint density at radius 3 is 2.59 bits per heavy atom. The van der Waals surface area contributed by atoms with Crippen molar-refractivity contribution in [3.63, 3.8) is 0 Å². The first-order chi connectivity index (χ1) is 7.18. The number of thiazole rings is 1. The van der Waals surface area contributed by atoms with Crippen LogP contribution in [0.15, 0.2) is 24.5 Å². The molecule has 7 heteroatoms. The number of halogens is 2. The van der Waals surface area contributed by atoms with E-state index in [1.54, 1.807) is 25.4 Å². The van der Waals surface area contributed by atoms with Gasteiger partial charge in [0.2, 0.25) is 0 Å². The van der Waals surface area contributed by atoms with Gasteiger partial charge in [-0.3, -0.25) is 4.98 Å². The molecule has 0 aliphatic carbocycles. The van der Waals surface area contributed by atoms with Gasteiger partial charge in [-0.15, -0.1) is 36.2 Å². The molecule has 0 fully saturated rings. The van der Waals surface area contributed by atoms with Crippen LogP contribution in [-0.4, -0.2) is 21.0 Å². The molecule has 2 aromatic rings. The van der Waals surface area contributed by atoms with Gasteiger partial charge in [0.15, 0.2) is 0 Å². The summed E-state index contributed by atoms with van der Waals surface area (Å²) in [6.45, 7) is 1.69. The second-order valence-electron chi connectivity index (χ2n) is 2.98. The standard InChI is InChI=1S/C10H8N2O2S.2ClH/c1-6-8(10(13)14)15-9(12-6)7-3-2-4-11-5-7;;/h2-5H,1H3,(H,13,14);2*1H. The number of nitrogens with zero attached hydrogens (tertiary/aromatic N) is 2. The van der Waals surface area contributed by atoms with Crippen molar-refractivity contribution in [1.82, 2.24) is 9.97 Å². The second-order valence-corrected chi connectivity index (χ2v) is 3.98. The van der Waals surface area contributed by atoms with Crippen LogP contribution < -0.4 is 0 Å². The van der Waals surface area contributed by atoms with Crippen LogP contribution >= 0.6 is 36.2 Å². The van der Waals surface area contributed by atoms with Crippen molar-refractivity contribution in [2.75, 3.05) is 0 Å². The van der Waals surface area contributed by atoms with Crippen LogP contribution in [0.4, 0.5) is 0 Å². The lowest BCUT2D eigenvalue weighted by Gasteiger charge is -1.91. The fourth-order valence-corrected chi connectivity index (χ4v) is 2.10. The lowest BCUT2D eigenvalue weighted by atomic mass is 10.3. The first kappa shape index (κ1) is 15.8. The molecular weight excluding hydrogens is 283 g/mol. The highest BCUT2D eigenvalue weighted by atomic mass is 35.5. The number of aromatic nitrogens is 2. The van der Waals surface area contributed by atoms with E-state index in [2.05, 4.69) is 9.97 Å². The molecule has 0 saturated heterocycles. The minimum atomic E-state index is -0.930. The van der Waals surface area contributed by atoms with Gasteiger partial charge in [0.05, 0.1) is 5.69 Å². The van der Waals surface area contributed by atoms with Gasteiger partial charge in [0.1, 0.15) is 9.88 Å². The predicted octanol–water partition coefficient (Wildman–Crippen LogP) is 3.06. The van der Waals surface area contributed by atoms with E-state index in [0.29, 0.717) is 10.7 Å². The van der Waals surface area contributed by atoms with Gasteiger partial charge in [-0.2, -0.15) is 0 Å². The molecule has 0 aromatic carbocycles. The third-order valence-electron chi connectivity index (χ3n) is 1.90. The Kier molecular flexibility index (Phi) is 6.09. The Hall–Kier alpha value is -1.17. The summed E-state index contributed by atoms with van der Waals surface area (Å²) < 4.78 is 0. The highest BCUT2D eigenvalue weighted by molar-refractivity contribution is 7.17. The monoisotopic (exact) mass is 292 g/mol. The molecule has 2 aromatic heterocycles. The molecule has 2 rings (SSSR count). The van der Waals surface area contributed by atoms with Crippen molar-refractivity contribution in [3.8, 4) is 10.6 Å². The maximum absolute atomic E-state index is 10.8. The number of carboxylic acid groups (broad SMARTS) is 1. The number of hydrogen-bond acceptors (Lipinski definition) is 4. The topological polar surface area (TPSA) is 63.1 Å². The number of aryl methyl sites for hydroxylation is 1. The summed E-state index contributed by atoms with van der Waals surface area (Å²) in [7, 11) is 0. The van der Waals surface area contributed by atoms with Gasteiger partial charge in [-0.05, 0) is 19.1 Å². The number of carboxylic acids is 1. The first-order valence-corrected chi connectivity index (χ1v) is 5.11. The summed E-state index contributed by atoms with van der Waals surface area (Å²) >= 11 is 1.17. The van der Waals surface area contributed by atoms with Gasteiger partial charge >= 0.3 is 5.97 Å². The van der Waals surface area contributed by atoms with Crippen LogP contribution in [0.1, 0.15) is 15.4 Å². The summed E-state index contributed by atoms with van der Waals surface area (Å²) in [4.78, 5) is 19.3. The SMILES string of the molecule is Cc1nc(-c2cccnc2)sc1C(=O)O.Cl.Cl. The Bertz CT molecular complexity index is 502. The van der Waals surface area contributed by atoms with Gasteiger partial charge in [0, 0.05) is 18.0 Å². The maximum atomic E-state index is 10.8. The van der Waals surface area contributed by atoms with Crippen molar-refractivity contribution in [1.29, 1.82) is 0 Å². The fraction of sp³-hybridized carbons (Fsp3) is 0.100. The van der Waals surface area contributed by atoms with Crippen molar-refractivity contribution in [2.24, 2.45) is 0 Å². The van der Waals surface area contributed by atoms with E-state index in [9.17, 15) is 4.79 Å². The van der Waals surface area contributed by atoms with Crippen LogP contribution in [0.2, 0.25) is 0 Å². The third kappa shape index (κ3) is 3.39. The van der Waals surface area contributed by atoms with Gasteiger partial charge in [-0.1, -0.05) is 0 Å². The Balaban J connectivity index is 0.00000128. The van der Waals surface area contributed by atoms with E-state index in [1.807, 2.05) is 6.07 Å². The van der Waals surface area contributed by atoms with Crippen LogP contribution in [0.5, 0.6) is 0 Å². The van der Waals surface area contributed by atoms with Crippen LogP contribution in [0, 0.1) is 6.92 Å². The van der Waals surface area contributed by atoms with Gasteiger partial charge in [0.25, 0.3) is 0 Å². The quantitative estimate of drug-likeness (QED) is 0.924. The summed E-state index contributed by atoms with van der Waals surface area (Å²) in [6, 6.07) is 3.66. The zero-order valence-corrected chi connectivity index (χ0v) is 11.2. The molecule has 0 saturated carbocycles. The molecule has 92 valence electrons. The Morgan fingerprint density at radius 2 is 2.12 bits per heavy atom. The molecule has 0 unspecified atom stereocenters. The van der Waals surface area contributed by atoms with Crippen molar-refractivity contribution in [2.45, 2.75) is 6.92 Å². The molecule has 0 aliphatic rings. The molecule has 2 heterocycles. The van der Waals surface area contributed by atoms with Crippen molar-refractivity contribution in [3.05, 3.63) is 35.1 Å². The lowest BCUT2D eigenvalue weighted by molar-refractivity contribution is 0.0701. The zero-order chi connectivity index (χ0) is 10.8. The van der Waals surface area contributed by atoms with E-state index in [0.717, 1.165) is 5.56 Å². The van der Waals surface area contributed by atoms with Gasteiger partial charge < -0.3 is 5.11 Å². The molecule has 0 bridgehead atoms. The fourth-order valence-electron chi connectivity index (χ4n) is 1.21. The Morgan fingerprint density at radius 1 is 1.41 bits per heavy atom. The number of aromatic carboxylic acids is 1. The molecule has 0 atom stereocenters. The van der Waals surface area contributed by atoms with Crippen LogP contribution in [0.3, 0.4) is 0 Å². The van der Waals surface area contributed by atoms with E-state index in [-0.39, 0.29) is 29.7 Å². The van der Waals surface area contributed by atoms with Crippen molar-refractivity contribution < 1.29 is 9.90 Å². The molecule has 1 N–H and O–H groups in total. The van der Waals surface area contributed by atoms with Crippen LogP contribution in [0.25, 0.3) is 10.6 Å². The lowest BCUT2D eigenvalue weighted by Crippen LogP contribution is -1.94. The smallest absolute Gasteiger partial charge is 0.347 e. The molecule has 0 radical (unpaired) electrons. The third-order valence-corrected chi connectivity index (χ3v) is 3.09. The van der Waals surface area contributed by atoms with E-state index >= 15 is 0 Å². The number of hydrogen-bond donors (Lipinski definition) is 1. The molecule has 0 spiro atoms. The minimum absolute atomic E-state index is 0. The average molecular weight is 293 g/mol. The van der Waals surface area contributed by atoms with Crippen molar-refractivity contribution >= 4 is 42.1 Å². The number of carbonyl (C=O) groups is 1. The van der Waals surface area contributed by atoms with Crippen LogP contribution in [-0.2, 0) is 0 Å². The number of pyridine rings is 1. The Labute approximate surface area is 115 Å². The molecular formula is C10H10Cl2N2O2S. The summed E-state index contributed by atoms with van der Waals surface area (Å²) in [5.41, 5.74) is 1.39. The second kappa shape index (κ2) is 6.54. The normalized spacial score (nSPS) is 9.00. The van der Waals surface area contributed by atoms with Gasteiger partial charge in [-0.25, -0.2) is 9.78 Å². The predicted molar refractivity (Wildman–Crippen MR) is 71.5 cm³/mol. The number of rotatable bonds is 2. The summed E-state index contributed by atoms with van der Waals surface area (Å²) in [5, 5.41) is 9.57.